The second kappa shape index (κ2) is 4.06. The number of hydrogen-bond acceptors (Lipinski definition) is 3. The lowest BCUT2D eigenvalue weighted by Crippen LogP contribution is -2.16. The number of imidazole rings is 1. The number of benzene rings is 1. The van der Waals surface area contributed by atoms with E-state index in [4.69, 9.17) is 5.73 Å². The van der Waals surface area contributed by atoms with Gasteiger partial charge in [0, 0.05) is 7.05 Å². The molecule has 0 fully saturated rings. The first-order valence-electron chi connectivity index (χ1n) is 4.80. The van der Waals surface area contributed by atoms with E-state index < -0.39 is 0 Å². The molecule has 1 aromatic heterocycles. The second-order valence-electron chi connectivity index (χ2n) is 3.43. The van der Waals surface area contributed by atoms with Crippen LogP contribution in [-0.2, 0) is 7.05 Å². The Balaban J connectivity index is 2.21. The first kappa shape index (κ1) is 10.2. The van der Waals surface area contributed by atoms with Gasteiger partial charge < -0.3 is 15.6 Å². The monoisotopic (exact) mass is 216 g/mol. The van der Waals surface area contributed by atoms with Crippen molar-refractivity contribution in [1.82, 2.24) is 9.55 Å². The third kappa shape index (κ3) is 1.88. The third-order valence-corrected chi connectivity index (χ3v) is 2.26. The summed E-state index contributed by atoms with van der Waals surface area (Å²) < 4.78 is 1.65. The van der Waals surface area contributed by atoms with E-state index in [0.29, 0.717) is 17.1 Å². The fourth-order valence-electron chi connectivity index (χ4n) is 1.37. The van der Waals surface area contributed by atoms with Crippen molar-refractivity contribution in [1.29, 1.82) is 0 Å². The van der Waals surface area contributed by atoms with Gasteiger partial charge in [-0.3, -0.25) is 4.79 Å². The van der Waals surface area contributed by atoms with Crippen molar-refractivity contribution in [2.45, 2.75) is 0 Å². The van der Waals surface area contributed by atoms with Crippen LogP contribution in [0.2, 0.25) is 0 Å². The van der Waals surface area contributed by atoms with E-state index in [2.05, 4.69) is 10.3 Å². The van der Waals surface area contributed by atoms with Crippen molar-refractivity contribution >= 4 is 17.3 Å². The van der Waals surface area contributed by atoms with Gasteiger partial charge in [0.1, 0.15) is 5.69 Å². The van der Waals surface area contributed by atoms with Gasteiger partial charge in [0.2, 0.25) is 0 Å². The molecule has 0 bridgehead atoms. The average Bonchev–Trinajstić information content (AvgIpc) is 2.68. The summed E-state index contributed by atoms with van der Waals surface area (Å²) in [6.07, 6.45) is 3.08. The number of aryl methyl sites for hydroxylation is 1. The van der Waals surface area contributed by atoms with Crippen LogP contribution in [0.1, 0.15) is 10.5 Å². The smallest absolute Gasteiger partial charge is 0.273 e. The van der Waals surface area contributed by atoms with Crippen LogP contribution < -0.4 is 11.1 Å². The van der Waals surface area contributed by atoms with Gasteiger partial charge >= 0.3 is 0 Å². The number of carbonyl (C=O) groups excluding carboxylic acids is 1. The molecule has 0 aliphatic rings. The summed E-state index contributed by atoms with van der Waals surface area (Å²) in [4.78, 5) is 15.7. The first-order chi connectivity index (χ1) is 7.68. The fraction of sp³-hybridized carbons (Fsp3) is 0.0909. The lowest BCUT2D eigenvalue weighted by atomic mass is 10.2. The molecule has 2 aromatic rings. The van der Waals surface area contributed by atoms with Crippen LogP contribution in [0.25, 0.3) is 0 Å². The molecule has 0 atom stereocenters. The summed E-state index contributed by atoms with van der Waals surface area (Å²) in [5, 5.41) is 2.73. The summed E-state index contributed by atoms with van der Waals surface area (Å²) in [5.41, 5.74) is 7.36. The van der Waals surface area contributed by atoms with Gasteiger partial charge in [-0.1, -0.05) is 12.1 Å². The Morgan fingerprint density at radius 2 is 2.19 bits per heavy atom. The Bertz CT molecular complexity index is 518. The molecular formula is C11H12N4O. The average molecular weight is 216 g/mol. The number of rotatable bonds is 2. The lowest BCUT2D eigenvalue weighted by Gasteiger charge is -2.07. The van der Waals surface area contributed by atoms with E-state index >= 15 is 0 Å². The van der Waals surface area contributed by atoms with Gasteiger partial charge in [0.05, 0.1) is 23.9 Å². The lowest BCUT2D eigenvalue weighted by molar-refractivity contribution is 0.101. The molecule has 1 amide bonds. The third-order valence-electron chi connectivity index (χ3n) is 2.26. The number of nitrogens with zero attached hydrogens (tertiary/aromatic N) is 2. The zero-order valence-corrected chi connectivity index (χ0v) is 8.84. The van der Waals surface area contributed by atoms with E-state index in [-0.39, 0.29) is 5.91 Å². The predicted octanol–water partition coefficient (Wildman–Crippen LogP) is 1.25. The van der Waals surface area contributed by atoms with E-state index in [0.717, 1.165) is 0 Å². The molecule has 0 saturated carbocycles. The number of nitrogen functional groups attached to an aromatic ring is 1. The van der Waals surface area contributed by atoms with Gasteiger partial charge in [-0.25, -0.2) is 4.98 Å². The maximum Gasteiger partial charge on any atom is 0.273 e. The highest BCUT2D eigenvalue weighted by Gasteiger charge is 2.10. The molecule has 0 aliphatic heterocycles. The molecule has 3 N–H and O–H groups in total. The zero-order valence-electron chi connectivity index (χ0n) is 8.84. The van der Waals surface area contributed by atoms with Gasteiger partial charge in [0.25, 0.3) is 5.91 Å². The van der Waals surface area contributed by atoms with Gasteiger partial charge in [-0.05, 0) is 12.1 Å². The Hall–Kier alpha value is -2.30. The van der Waals surface area contributed by atoms with Crippen molar-refractivity contribution in [2.75, 3.05) is 11.1 Å². The maximum atomic E-state index is 11.8. The minimum atomic E-state index is -0.224. The quantitative estimate of drug-likeness (QED) is 0.742. The molecule has 16 heavy (non-hydrogen) atoms. The first-order valence-corrected chi connectivity index (χ1v) is 4.80. The summed E-state index contributed by atoms with van der Waals surface area (Å²) in [6.45, 7) is 0. The van der Waals surface area contributed by atoms with Crippen molar-refractivity contribution < 1.29 is 4.79 Å². The second-order valence-corrected chi connectivity index (χ2v) is 3.43. The number of anilines is 2. The number of carbonyl (C=O) groups is 1. The molecule has 0 aliphatic carbocycles. The summed E-state index contributed by atoms with van der Waals surface area (Å²) >= 11 is 0. The number of nitrogens with one attached hydrogen (secondary N) is 1. The van der Waals surface area contributed by atoms with Gasteiger partial charge in [-0.2, -0.15) is 0 Å². The summed E-state index contributed by atoms with van der Waals surface area (Å²) in [7, 11) is 1.76. The molecule has 2 rings (SSSR count). The molecule has 1 heterocycles. The van der Waals surface area contributed by atoms with Crippen LogP contribution in [-0.4, -0.2) is 15.5 Å². The minimum Gasteiger partial charge on any atom is -0.397 e. The molecule has 5 nitrogen and oxygen atoms in total. The van der Waals surface area contributed by atoms with Crippen LogP contribution in [0.4, 0.5) is 11.4 Å². The summed E-state index contributed by atoms with van der Waals surface area (Å²) in [5.74, 6) is -0.224. The largest absolute Gasteiger partial charge is 0.397 e. The van der Waals surface area contributed by atoms with E-state index in [1.54, 1.807) is 30.1 Å². The molecule has 0 unspecified atom stereocenters. The van der Waals surface area contributed by atoms with Crippen LogP contribution in [0.3, 0.4) is 0 Å². The molecule has 0 radical (unpaired) electrons. The highest BCUT2D eigenvalue weighted by molar-refractivity contribution is 6.04. The topological polar surface area (TPSA) is 72.9 Å². The van der Waals surface area contributed by atoms with Crippen molar-refractivity contribution in [3.05, 3.63) is 42.5 Å². The van der Waals surface area contributed by atoms with E-state index in [1.807, 2.05) is 12.1 Å². The Morgan fingerprint density at radius 1 is 1.44 bits per heavy atom. The number of amides is 1. The van der Waals surface area contributed by atoms with Crippen LogP contribution in [0, 0.1) is 0 Å². The number of para-hydroxylation sites is 2. The Morgan fingerprint density at radius 3 is 2.81 bits per heavy atom. The molecule has 82 valence electrons. The Labute approximate surface area is 92.9 Å². The standard InChI is InChI=1S/C11H12N4O/c1-15-7-13-6-10(15)11(16)14-9-5-3-2-4-8(9)12/h2-7H,12H2,1H3,(H,14,16). The molecular weight excluding hydrogens is 204 g/mol. The number of hydrogen-bond donors (Lipinski definition) is 2. The normalized spacial score (nSPS) is 10.1. The highest BCUT2D eigenvalue weighted by Crippen LogP contribution is 2.17. The maximum absolute atomic E-state index is 11.8. The van der Waals surface area contributed by atoms with Crippen molar-refractivity contribution in [2.24, 2.45) is 7.05 Å². The summed E-state index contributed by atoms with van der Waals surface area (Å²) in [6, 6.07) is 7.12. The molecule has 0 saturated heterocycles. The molecule has 5 heteroatoms. The Kier molecular flexibility index (Phi) is 2.59. The predicted molar refractivity (Wildman–Crippen MR) is 62.0 cm³/mol. The van der Waals surface area contributed by atoms with Crippen LogP contribution in [0.15, 0.2) is 36.8 Å². The number of nitrogens with two attached hydrogens (primary N) is 1. The SMILES string of the molecule is Cn1cncc1C(=O)Nc1ccccc1N. The van der Waals surface area contributed by atoms with E-state index in [9.17, 15) is 4.79 Å². The minimum absolute atomic E-state index is 0.224. The number of aromatic nitrogens is 2. The van der Waals surface area contributed by atoms with Crippen molar-refractivity contribution in [3.63, 3.8) is 0 Å². The zero-order chi connectivity index (χ0) is 11.5. The van der Waals surface area contributed by atoms with Gasteiger partial charge in [0.15, 0.2) is 0 Å². The molecule has 0 spiro atoms. The van der Waals surface area contributed by atoms with Gasteiger partial charge in [-0.15, -0.1) is 0 Å². The van der Waals surface area contributed by atoms with Crippen molar-refractivity contribution in [3.8, 4) is 0 Å². The molecule has 1 aromatic carbocycles. The van der Waals surface area contributed by atoms with Crippen LogP contribution in [0.5, 0.6) is 0 Å². The highest BCUT2D eigenvalue weighted by atomic mass is 16.2. The fourth-order valence-corrected chi connectivity index (χ4v) is 1.37. The van der Waals surface area contributed by atoms with Crippen LogP contribution >= 0.6 is 0 Å². The van der Waals surface area contributed by atoms with E-state index in [1.165, 1.54) is 6.20 Å².